The average molecular weight is 309 g/mol. The quantitative estimate of drug-likeness (QED) is 0.888. The third-order valence-corrected chi connectivity index (χ3v) is 3.37. The summed E-state index contributed by atoms with van der Waals surface area (Å²) in [4.78, 5) is 11.5. The van der Waals surface area contributed by atoms with Gasteiger partial charge < -0.3 is 10.4 Å². The van der Waals surface area contributed by atoms with Crippen LogP contribution >= 0.6 is 0 Å². The lowest BCUT2D eigenvalue weighted by Crippen LogP contribution is -2.27. The van der Waals surface area contributed by atoms with Gasteiger partial charge in [-0.05, 0) is 26.0 Å². The zero-order valence-corrected chi connectivity index (χ0v) is 12.3. The Morgan fingerprint density at radius 3 is 2.82 bits per heavy atom. The summed E-state index contributed by atoms with van der Waals surface area (Å²) in [5.41, 5.74) is 1.50. The third kappa shape index (κ3) is 3.30. The van der Waals surface area contributed by atoms with Crippen LogP contribution in [0.5, 0.6) is 0 Å². The predicted molar refractivity (Wildman–Crippen MR) is 76.5 cm³/mol. The largest absolute Gasteiger partial charge is 0.396 e. The summed E-state index contributed by atoms with van der Waals surface area (Å²) in [6, 6.07) is 2.92. The van der Waals surface area contributed by atoms with Crippen molar-refractivity contribution in [2.45, 2.75) is 26.3 Å². The number of nitrogens with zero attached hydrogens (tertiary/aromatic N) is 2. The Kier molecular flexibility index (Phi) is 4.87. The lowest BCUT2D eigenvalue weighted by molar-refractivity contribution is -0.122. The summed E-state index contributed by atoms with van der Waals surface area (Å²) >= 11 is 0. The van der Waals surface area contributed by atoms with Gasteiger partial charge in [0.05, 0.1) is 18.8 Å². The number of aromatic nitrogens is 2. The van der Waals surface area contributed by atoms with Crippen molar-refractivity contribution in [2.24, 2.45) is 0 Å². The number of carbonyl (C=O) groups is 1. The number of nitrogens with one attached hydrogen (secondary N) is 1. The molecule has 2 N–H and O–H groups in total. The molecular formula is C15H17F2N3O2. The number of aliphatic hydroxyl groups is 1. The van der Waals surface area contributed by atoms with E-state index in [2.05, 4.69) is 10.4 Å². The number of hydrogen-bond donors (Lipinski definition) is 2. The molecule has 5 nitrogen and oxygen atoms in total. The van der Waals surface area contributed by atoms with Crippen LogP contribution in [0.4, 0.5) is 8.78 Å². The SMILES string of the molecule is Cc1c(C(C)NC(=O)CCO)cnn1-c1ccc(F)cc1F. The van der Waals surface area contributed by atoms with E-state index in [-0.39, 0.29) is 30.7 Å². The Balaban J connectivity index is 2.27. The maximum atomic E-state index is 13.8. The summed E-state index contributed by atoms with van der Waals surface area (Å²) in [5.74, 6) is -1.65. The van der Waals surface area contributed by atoms with Crippen LogP contribution in [0.2, 0.25) is 0 Å². The minimum atomic E-state index is -0.713. The van der Waals surface area contributed by atoms with Crippen molar-refractivity contribution < 1.29 is 18.7 Å². The Morgan fingerprint density at radius 2 is 2.18 bits per heavy atom. The molecule has 0 saturated heterocycles. The minimum absolute atomic E-state index is 0.0180. The zero-order chi connectivity index (χ0) is 16.3. The van der Waals surface area contributed by atoms with Crippen LogP contribution in [0.3, 0.4) is 0 Å². The second-order valence-electron chi connectivity index (χ2n) is 4.96. The Labute approximate surface area is 126 Å². The zero-order valence-electron chi connectivity index (χ0n) is 12.3. The first-order chi connectivity index (χ1) is 10.4. The van der Waals surface area contributed by atoms with Crippen LogP contribution in [0, 0.1) is 18.6 Å². The van der Waals surface area contributed by atoms with Gasteiger partial charge in [0.1, 0.15) is 11.5 Å². The summed E-state index contributed by atoms with van der Waals surface area (Å²) in [7, 11) is 0. The third-order valence-electron chi connectivity index (χ3n) is 3.37. The summed E-state index contributed by atoms with van der Waals surface area (Å²) in [5, 5.41) is 15.6. The van der Waals surface area contributed by atoms with E-state index >= 15 is 0 Å². The molecule has 0 radical (unpaired) electrons. The van der Waals surface area contributed by atoms with E-state index in [1.54, 1.807) is 13.8 Å². The van der Waals surface area contributed by atoms with E-state index in [4.69, 9.17) is 5.11 Å². The molecule has 0 fully saturated rings. The van der Waals surface area contributed by atoms with E-state index < -0.39 is 11.6 Å². The van der Waals surface area contributed by atoms with Crippen LogP contribution in [0.1, 0.15) is 30.6 Å². The fourth-order valence-corrected chi connectivity index (χ4v) is 2.24. The normalized spacial score (nSPS) is 12.2. The Morgan fingerprint density at radius 1 is 1.45 bits per heavy atom. The highest BCUT2D eigenvalue weighted by atomic mass is 19.1. The standard InChI is InChI=1S/C15H17F2N3O2/c1-9(19-15(22)5-6-21)12-8-18-20(10(12)2)14-4-3-11(16)7-13(14)17/h3-4,7-9,21H,5-6H2,1-2H3,(H,19,22). The number of carbonyl (C=O) groups excluding carboxylic acids is 1. The van der Waals surface area contributed by atoms with E-state index in [0.717, 1.165) is 17.7 Å². The first kappa shape index (κ1) is 16.1. The molecule has 0 aliphatic heterocycles. The van der Waals surface area contributed by atoms with Crippen molar-refractivity contribution in [1.29, 1.82) is 0 Å². The summed E-state index contributed by atoms with van der Waals surface area (Å²) in [6.07, 6.45) is 1.55. The Bertz CT molecular complexity index is 685. The fourth-order valence-electron chi connectivity index (χ4n) is 2.24. The summed E-state index contributed by atoms with van der Waals surface area (Å²) < 4.78 is 28.2. The highest BCUT2D eigenvalue weighted by Crippen LogP contribution is 2.22. The van der Waals surface area contributed by atoms with Crippen molar-refractivity contribution in [3.63, 3.8) is 0 Å². The molecule has 1 atom stereocenters. The van der Waals surface area contributed by atoms with Gasteiger partial charge in [0.25, 0.3) is 0 Å². The number of hydrogen-bond acceptors (Lipinski definition) is 3. The van der Waals surface area contributed by atoms with Gasteiger partial charge in [-0.3, -0.25) is 4.79 Å². The highest BCUT2D eigenvalue weighted by Gasteiger charge is 2.17. The molecule has 0 aliphatic rings. The number of rotatable bonds is 5. The topological polar surface area (TPSA) is 67.2 Å². The van der Waals surface area contributed by atoms with Crippen molar-refractivity contribution >= 4 is 5.91 Å². The highest BCUT2D eigenvalue weighted by molar-refractivity contribution is 5.76. The molecule has 7 heteroatoms. The molecule has 1 aromatic heterocycles. The van der Waals surface area contributed by atoms with Gasteiger partial charge in [0, 0.05) is 23.7 Å². The second-order valence-corrected chi connectivity index (χ2v) is 4.96. The molecule has 0 bridgehead atoms. The van der Waals surface area contributed by atoms with Gasteiger partial charge in [-0.25, -0.2) is 13.5 Å². The molecule has 0 saturated carbocycles. The first-order valence-electron chi connectivity index (χ1n) is 6.84. The number of amides is 1. The molecule has 0 spiro atoms. The van der Waals surface area contributed by atoms with Gasteiger partial charge in [-0.2, -0.15) is 5.10 Å². The maximum absolute atomic E-state index is 13.8. The lowest BCUT2D eigenvalue weighted by atomic mass is 10.1. The predicted octanol–water partition coefficient (Wildman–Crippen LogP) is 2.02. The molecule has 1 unspecified atom stereocenters. The van der Waals surface area contributed by atoms with Crippen molar-refractivity contribution in [2.75, 3.05) is 6.61 Å². The van der Waals surface area contributed by atoms with Crippen molar-refractivity contribution in [1.82, 2.24) is 15.1 Å². The molecule has 1 amide bonds. The van der Waals surface area contributed by atoms with Crippen LogP contribution in [0.15, 0.2) is 24.4 Å². The molecule has 22 heavy (non-hydrogen) atoms. The van der Waals surface area contributed by atoms with Gasteiger partial charge in [0.15, 0.2) is 5.82 Å². The Hall–Kier alpha value is -2.28. The van der Waals surface area contributed by atoms with E-state index in [9.17, 15) is 13.6 Å². The maximum Gasteiger partial charge on any atom is 0.222 e. The molecular weight excluding hydrogens is 292 g/mol. The number of aliphatic hydroxyl groups excluding tert-OH is 1. The van der Waals surface area contributed by atoms with Gasteiger partial charge >= 0.3 is 0 Å². The van der Waals surface area contributed by atoms with Crippen LogP contribution in [-0.4, -0.2) is 27.4 Å². The average Bonchev–Trinajstić information content (AvgIpc) is 2.81. The molecule has 2 aromatic rings. The van der Waals surface area contributed by atoms with Crippen LogP contribution < -0.4 is 5.32 Å². The lowest BCUT2D eigenvalue weighted by Gasteiger charge is -2.14. The first-order valence-corrected chi connectivity index (χ1v) is 6.84. The van der Waals surface area contributed by atoms with Crippen molar-refractivity contribution in [3.8, 4) is 5.69 Å². The minimum Gasteiger partial charge on any atom is -0.396 e. The molecule has 118 valence electrons. The van der Waals surface area contributed by atoms with Gasteiger partial charge in [-0.1, -0.05) is 0 Å². The molecule has 0 aliphatic carbocycles. The fraction of sp³-hybridized carbons (Fsp3) is 0.333. The molecule has 2 rings (SSSR count). The summed E-state index contributed by atoms with van der Waals surface area (Å²) in [6.45, 7) is 3.28. The second kappa shape index (κ2) is 6.65. The smallest absolute Gasteiger partial charge is 0.222 e. The number of benzene rings is 1. The van der Waals surface area contributed by atoms with E-state index in [0.29, 0.717) is 5.69 Å². The van der Waals surface area contributed by atoms with Crippen molar-refractivity contribution in [3.05, 3.63) is 47.3 Å². The van der Waals surface area contributed by atoms with Gasteiger partial charge in [-0.15, -0.1) is 0 Å². The van der Waals surface area contributed by atoms with E-state index in [1.807, 2.05) is 0 Å². The molecule has 1 heterocycles. The van der Waals surface area contributed by atoms with Crippen LogP contribution in [0.25, 0.3) is 5.69 Å². The number of halogens is 2. The monoisotopic (exact) mass is 309 g/mol. The van der Waals surface area contributed by atoms with Crippen LogP contribution in [-0.2, 0) is 4.79 Å². The molecule has 1 aromatic carbocycles. The van der Waals surface area contributed by atoms with E-state index in [1.165, 1.54) is 16.9 Å². The van der Waals surface area contributed by atoms with Gasteiger partial charge in [0.2, 0.25) is 5.91 Å².